The molecule has 1 saturated heterocycles. The van der Waals surface area contributed by atoms with Crippen LogP contribution < -0.4 is 16.0 Å². The van der Waals surface area contributed by atoms with E-state index in [1.165, 1.54) is 0 Å². The SMILES string of the molecule is COCC(C)NC(N)=NCC1CCCN(c2ncccn2)C1.I. The summed E-state index contributed by atoms with van der Waals surface area (Å²) in [5, 5.41) is 3.13. The smallest absolute Gasteiger partial charge is 0.225 e. The Labute approximate surface area is 155 Å². The average molecular weight is 434 g/mol. The molecule has 1 aliphatic heterocycles. The predicted molar refractivity (Wildman–Crippen MR) is 103 cm³/mol. The topological polar surface area (TPSA) is 88.7 Å². The van der Waals surface area contributed by atoms with Crippen LogP contribution in [-0.4, -0.2) is 55.3 Å². The molecule has 1 fully saturated rings. The Morgan fingerprint density at radius 2 is 2.26 bits per heavy atom. The molecule has 1 aliphatic rings. The van der Waals surface area contributed by atoms with E-state index in [9.17, 15) is 0 Å². The third kappa shape index (κ3) is 6.86. The number of halogens is 1. The second-order valence-electron chi connectivity index (χ2n) is 5.73. The number of nitrogens with two attached hydrogens (primary N) is 1. The summed E-state index contributed by atoms with van der Waals surface area (Å²) in [5.74, 6) is 1.77. The number of methoxy groups -OCH3 is 1. The zero-order valence-corrected chi connectivity index (χ0v) is 16.1. The number of rotatable bonds is 6. The number of ether oxygens (including phenoxy) is 1. The fraction of sp³-hybridized carbons (Fsp3) is 0.667. The number of hydrogen-bond donors (Lipinski definition) is 2. The van der Waals surface area contributed by atoms with Crippen molar-refractivity contribution >= 4 is 35.9 Å². The second kappa shape index (κ2) is 10.6. The number of hydrogen-bond acceptors (Lipinski definition) is 5. The van der Waals surface area contributed by atoms with Gasteiger partial charge in [0.2, 0.25) is 5.95 Å². The molecule has 0 radical (unpaired) electrons. The van der Waals surface area contributed by atoms with Crippen LogP contribution in [0.2, 0.25) is 0 Å². The fourth-order valence-electron chi connectivity index (χ4n) is 2.67. The zero-order chi connectivity index (χ0) is 15.8. The number of nitrogens with one attached hydrogen (secondary N) is 1. The summed E-state index contributed by atoms with van der Waals surface area (Å²) in [6, 6.07) is 2.00. The molecule has 8 heteroatoms. The van der Waals surface area contributed by atoms with Crippen molar-refractivity contribution in [3.63, 3.8) is 0 Å². The average Bonchev–Trinajstić information content (AvgIpc) is 2.54. The maximum atomic E-state index is 5.91. The minimum atomic E-state index is 0. The molecule has 2 atom stereocenters. The van der Waals surface area contributed by atoms with Gasteiger partial charge < -0.3 is 20.7 Å². The van der Waals surface area contributed by atoms with Crippen molar-refractivity contribution in [2.75, 3.05) is 38.3 Å². The number of nitrogens with zero attached hydrogens (tertiary/aromatic N) is 4. The largest absolute Gasteiger partial charge is 0.383 e. The Kier molecular flexibility index (Phi) is 9.15. The van der Waals surface area contributed by atoms with Crippen molar-refractivity contribution in [2.24, 2.45) is 16.6 Å². The van der Waals surface area contributed by atoms with Crippen molar-refractivity contribution in [3.8, 4) is 0 Å². The minimum absolute atomic E-state index is 0. The zero-order valence-electron chi connectivity index (χ0n) is 13.8. The Morgan fingerprint density at radius 1 is 1.52 bits per heavy atom. The summed E-state index contributed by atoms with van der Waals surface area (Å²) < 4.78 is 5.07. The number of aromatic nitrogens is 2. The van der Waals surface area contributed by atoms with Crippen LogP contribution >= 0.6 is 24.0 Å². The van der Waals surface area contributed by atoms with Crippen LogP contribution in [0.3, 0.4) is 0 Å². The Balaban J connectivity index is 0.00000264. The second-order valence-corrected chi connectivity index (χ2v) is 5.73. The molecule has 1 aromatic heterocycles. The van der Waals surface area contributed by atoms with Gasteiger partial charge in [-0.3, -0.25) is 4.99 Å². The highest BCUT2D eigenvalue weighted by atomic mass is 127. The van der Waals surface area contributed by atoms with E-state index in [1.807, 2.05) is 13.0 Å². The molecule has 1 aromatic rings. The monoisotopic (exact) mass is 434 g/mol. The van der Waals surface area contributed by atoms with Gasteiger partial charge in [0.25, 0.3) is 0 Å². The molecule has 0 saturated carbocycles. The number of anilines is 1. The van der Waals surface area contributed by atoms with Gasteiger partial charge in [-0.2, -0.15) is 0 Å². The maximum absolute atomic E-state index is 5.91. The molecule has 23 heavy (non-hydrogen) atoms. The first-order chi connectivity index (χ1) is 10.7. The molecule has 130 valence electrons. The summed E-state index contributed by atoms with van der Waals surface area (Å²) >= 11 is 0. The van der Waals surface area contributed by atoms with Gasteiger partial charge in [-0.1, -0.05) is 0 Å². The molecule has 0 aliphatic carbocycles. The lowest BCUT2D eigenvalue weighted by atomic mass is 9.98. The highest BCUT2D eigenvalue weighted by Gasteiger charge is 2.21. The van der Waals surface area contributed by atoms with Gasteiger partial charge in [-0.05, 0) is 31.7 Å². The molecular formula is C15H27IN6O. The summed E-state index contributed by atoms with van der Waals surface area (Å²) in [4.78, 5) is 15.3. The van der Waals surface area contributed by atoms with Gasteiger partial charge in [0, 0.05) is 45.2 Å². The first-order valence-electron chi connectivity index (χ1n) is 7.76. The van der Waals surface area contributed by atoms with Crippen molar-refractivity contribution in [1.29, 1.82) is 0 Å². The number of aliphatic imine (C=N–C) groups is 1. The Bertz CT molecular complexity index is 472. The van der Waals surface area contributed by atoms with Crippen molar-refractivity contribution < 1.29 is 4.74 Å². The van der Waals surface area contributed by atoms with Gasteiger partial charge in [0.05, 0.1) is 6.61 Å². The minimum Gasteiger partial charge on any atom is -0.383 e. The summed E-state index contributed by atoms with van der Waals surface area (Å²) in [5.41, 5.74) is 5.91. The third-order valence-electron chi connectivity index (χ3n) is 3.68. The van der Waals surface area contributed by atoms with E-state index in [-0.39, 0.29) is 30.0 Å². The molecular weight excluding hydrogens is 407 g/mol. The molecule has 0 spiro atoms. The summed E-state index contributed by atoms with van der Waals surface area (Å²) in [6.45, 7) is 5.28. The quantitative estimate of drug-likeness (QED) is 0.398. The van der Waals surface area contributed by atoms with Gasteiger partial charge in [-0.15, -0.1) is 24.0 Å². The number of guanidine groups is 1. The van der Waals surface area contributed by atoms with Crippen LogP contribution in [0, 0.1) is 5.92 Å². The van der Waals surface area contributed by atoms with E-state index in [0.29, 0.717) is 18.5 Å². The van der Waals surface area contributed by atoms with Crippen molar-refractivity contribution in [3.05, 3.63) is 18.5 Å². The van der Waals surface area contributed by atoms with E-state index >= 15 is 0 Å². The normalized spacial score (nSPS) is 19.8. The van der Waals surface area contributed by atoms with E-state index < -0.39 is 0 Å². The molecule has 0 aromatic carbocycles. The van der Waals surface area contributed by atoms with E-state index in [2.05, 4.69) is 25.2 Å². The Morgan fingerprint density at radius 3 is 2.96 bits per heavy atom. The molecule has 2 rings (SSSR count). The number of piperidine rings is 1. The van der Waals surface area contributed by atoms with E-state index in [1.54, 1.807) is 19.5 Å². The molecule has 2 unspecified atom stereocenters. The van der Waals surface area contributed by atoms with Crippen LogP contribution in [0.4, 0.5) is 5.95 Å². The highest BCUT2D eigenvalue weighted by Crippen LogP contribution is 2.20. The lowest BCUT2D eigenvalue weighted by Crippen LogP contribution is -2.42. The van der Waals surface area contributed by atoms with Crippen LogP contribution in [0.1, 0.15) is 19.8 Å². The molecule has 7 nitrogen and oxygen atoms in total. The van der Waals surface area contributed by atoms with Gasteiger partial charge in [-0.25, -0.2) is 9.97 Å². The molecule has 0 amide bonds. The lowest BCUT2D eigenvalue weighted by molar-refractivity contribution is 0.179. The molecule has 3 N–H and O–H groups in total. The molecule has 0 bridgehead atoms. The van der Waals surface area contributed by atoms with Crippen molar-refractivity contribution in [1.82, 2.24) is 15.3 Å². The maximum Gasteiger partial charge on any atom is 0.225 e. The van der Waals surface area contributed by atoms with Crippen LogP contribution in [-0.2, 0) is 4.74 Å². The Hall–Kier alpha value is -1.16. The lowest BCUT2D eigenvalue weighted by Gasteiger charge is -2.32. The first kappa shape index (κ1) is 19.9. The van der Waals surface area contributed by atoms with E-state index in [4.69, 9.17) is 10.5 Å². The third-order valence-corrected chi connectivity index (χ3v) is 3.68. The fourth-order valence-corrected chi connectivity index (χ4v) is 2.67. The van der Waals surface area contributed by atoms with Crippen LogP contribution in [0.5, 0.6) is 0 Å². The standard InChI is InChI=1S/C15H26N6O.HI/c1-12(11-22-2)20-14(16)19-9-13-5-3-8-21(10-13)15-17-6-4-7-18-15;/h4,6-7,12-13H,3,5,8-11H2,1-2H3,(H3,16,19,20);1H. The summed E-state index contributed by atoms with van der Waals surface area (Å²) in [6.07, 6.45) is 5.85. The van der Waals surface area contributed by atoms with Crippen molar-refractivity contribution in [2.45, 2.75) is 25.8 Å². The van der Waals surface area contributed by atoms with Gasteiger partial charge in [0.15, 0.2) is 5.96 Å². The first-order valence-corrected chi connectivity index (χ1v) is 7.76. The van der Waals surface area contributed by atoms with Gasteiger partial charge >= 0.3 is 0 Å². The van der Waals surface area contributed by atoms with Crippen LogP contribution in [0.25, 0.3) is 0 Å². The van der Waals surface area contributed by atoms with Crippen LogP contribution in [0.15, 0.2) is 23.5 Å². The summed E-state index contributed by atoms with van der Waals surface area (Å²) in [7, 11) is 1.67. The van der Waals surface area contributed by atoms with Gasteiger partial charge in [0.1, 0.15) is 0 Å². The molecule has 2 heterocycles. The predicted octanol–water partition coefficient (Wildman–Crippen LogP) is 1.25. The van der Waals surface area contributed by atoms with E-state index in [0.717, 1.165) is 38.4 Å². The highest BCUT2D eigenvalue weighted by molar-refractivity contribution is 14.0.